The van der Waals surface area contributed by atoms with Crippen molar-refractivity contribution in [1.29, 1.82) is 0 Å². The Morgan fingerprint density at radius 2 is 1.40 bits per heavy atom. The van der Waals surface area contributed by atoms with Crippen LogP contribution in [0.1, 0.15) is 63.9 Å². The number of Topliss-reactive ketones (excluding diaryl/α,β-unsaturated/α-hetero) is 1. The second-order valence-electron chi connectivity index (χ2n) is 11.7. The summed E-state index contributed by atoms with van der Waals surface area (Å²) in [5.41, 5.74) is 2.05. The molecule has 8 N–H and O–H groups in total. The number of ketones is 1. The minimum atomic E-state index is -1.69. The predicted octanol–water partition coefficient (Wildman–Crippen LogP) is 5.38. The number of phenols is 7. The molecule has 2 aliphatic rings. The van der Waals surface area contributed by atoms with Crippen molar-refractivity contribution in [3.8, 4) is 46.0 Å². The highest BCUT2D eigenvalue weighted by molar-refractivity contribution is 6.03. The molecule has 0 radical (unpaired) electrons. The first-order valence-electron chi connectivity index (χ1n) is 14.4. The summed E-state index contributed by atoms with van der Waals surface area (Å²) in [7, 11) is 0. The van der Waals surface area contributed by atoms with E-state index in [1.807, 2.05) is 13.0 Å². The highest BCUT2D eigenvalue weighted by Crippen LogP contribution is 2.54. The second kappa shape index (κ2) is 11.3. The molecule has 1 heterocycles. The normalized spacial score (nSPS) is 22.8. The number of ether oxygens (including phenoxy) is 1. The van der Waals surface area contributed by atoms with Crippen LogP contribution in [0.25, 0.3) is 0 Å². The fourth-order valence-electron chi connectivity index (χ4n) is 6.69. The minimum Gasteiger partial charge on any atom is -0.508 e. The van der Waals surface area contributed by atoms with Gasteiger partial charge < -0.3 is 45.6 Å². The molecule has 0 amide bonds. The lowest BCUT2D eigenvalue weighted by atomic mass is 9.65. The van der Waals surface area contributed by atoms with Gasteiger partial charge in [0.2, 0.25) is 0 Å². The van der Waals surface area contributed by atoms with E-state index in [4.69, 9.17) is 4.74 Å². The van der Waals surface area contributed by atoms with Crippen molar-refractivity contribution in [2.75, 3.05) is 0 Å². The Morgan fingerprint density at radius 3 is 2.11 bits per heavy atom. The molecule has 10 nitrogen and oxygen atoms in total. The highest BCUT2D eigenvalue weighted by atomic mass is 16.5. The van der Waals surface area contributed by atoms with Crippen molar-refractivity contribution in [2.24, 2.45) is 5.92 Å². The van der Waals surface area contributed by atoms with Gasteiger partial charge in [-0.15, -0.1) is 0 Å². The maximum atomic E-state index is 13.1. The zero-order valence-corrected chi connectivity index (χ0v) is 24.1. The van der Waals surface area contributed by atoms with Crippen molar-refractivity contribution in [1.82, 2.24) is 0 Å². The van der Waals surface area contributed by atoms with Crippen molar-refractivity contribution in [3.05, 3.63) is 106 Å². The summed E-state index contributed by atoms with van der Waals surface area (Å²) in [5.74, 6) is -3.68. The Bertz CT molecular complexity index is 1840. The zero-order valence-electron chi connectivity index (χ0n) is 24.1. The third-order valence-electron chi connectivity index (χ3n) is 8.83. The molecule has 0 fully saturated rings. The van der Waals surface area contributed by atoms with Crippen molar-refractivity contribution in [3.63, 3.8) is 0 Å². The number of carbonyl (C=O) groups is 1. The fourth-order valence-corrected chi connectivity index (χ4v) is 6.69. The quantitative estimate of drug-likeness (QED) is 0.136. The van der Waals surface area contributed by atoms with Crippen LogP contribution in [0.2, 0.25) is 0 Å². The number of aliphatic hydroxyl groups excluding tert-OH is 1. The van der Waals surface area contributed by atoms with Crippen molar-refractivity contribution in [2.45, 2.75) is 43.8 Å². The first-order valence-corrected chi connectivity index (χ1v) is 14.4. The van der Waals surface area contributed by atoms with Gasteiger partial charge in [-0.25, -0.2) is 0 Å². The minimum absolute atomic E-state index is 0.0290. The summed E-state index contributed by atoms with van der Waals surface area (Å²) < 4.78 is 5.93. The summed E-state index contributed by atoms with van der Waals surface area (Å²) in [6.07, 6.45) is -0.524. The molecule has 0 spiro atoms. The van der Waals surface area contributed by atoms with E-state index in [0.717, 1.165) is 5.57 Å². The van der Waals surface area contributed by atoms with Gasteiger partial charge in [0.05, 0.1) is 5.56 Å². The molecular formula is C35H32O10. The molecule has 45 heavy (non-hydrogen) atoms. The maximum Gasteiger partial charge on any atom is 0.199 e. The molecular weight excluding hydrogens is 580 g/mol. The second-order valence-corrected chi connectivity index (χ2v) is 11.7. The van der Waals surface area contributed by atoms with Gasteiger partial charge in [-0.05, 0) is 79.1 Å². The van der Waals surface area contributed by atoms with Crippen LogP contribution in [0.15, 0.2) is 78.4 Å². The number of allylic oxidation sites excluding steroid dienone is 2. The van der Waals surface area contributed by atoms with E-state index in [2.05, 4.69) is 0 Å². The Labute approximate surface area is 258 Å². The number of aliphatic hydroxyl groups is 1. The standard InChI is InChI=1S/C35H32O10/c1-16-10-24(21-6-4-19(37)14-29(21)41)25(12-17-2-3-18(36)13-28(17)40)26(11-16)31-27(39)9-8-23(32(31)42)35-34(44)33(43)22-7-5-20(38)15-30(22)45-35/h2-9,11,13-15,24-26,34-42,44H,10,12H2,1H3. The third-order valence-corrected chi connectivity index (χ3v) is 8.83. The van der Waals surface area contributed by atoms with E-state index in [9.17, 15) is 45.6 Å². The van der Waals surface area contributed by atoms with Gasteiger partial charge >= 0.3 is 0 Å². The summed E-state index contributed by atoms with van der Waals surface area (Å²) in [6, 6.07) is 15.1. The molecule has 4 aromatic carbocycles. The molecule has 1 aliphatic carbocycles. The van der Waals surface area contributed by atoms with E-state index in [-0.39, 0.29) is 63.4 Å². The molecule has 4 aromatic rings. The molecule has 0 saturated heterocycles. The topological polar surface area (TPSA) is 188 Å². The number of fused-ring (bicyclic) bond motifs is 1. The first kappa shape index (κ1) is 29.7. The molecule has 1 aliphatic heterocycles. The van der Waals surface area contributed by atoms with Gasteiger partial charge in [0, 0.05) is 35.2 Å². The number of carbonyl (C=O) groups excluding carboxylic acids is 1. The molecule has 6 rings (SSSR count). The summed E-state index contributed by atoms with van der Waals surface area (Å²) in [5, 5.41) is 85.4. The van der Waals surface area contributed by atoms with E-state index < -0.39 is 41.5 Å². The molecule has 0 saturated carbocycles. The van der Waals surface area contributed by atoms with Crippen LogP contribution >= 0.6 is 0 Å². The average Bonchev–Trinajstić information content (AvgIpc) is 2.97. The highest BCUT2D eigenvalue weighted by Gasteiger charge is 2.42. The lowest BCUT2D eigenvalue weighted by molar-refractivity contribution is 0.0207. The first-order chi connectivity index (χ1) is 21.4. The molecule has 232 valence electrons. The number of rotatable bonds is 5. The number of hydrogen-bond donors (Lipinski definition) is 8. The van der Waals surface area contributed by atoms with Gasteiger partial charge in [-0.2, -0.15) is 0 Å². The Morgan fingerprint density at radius 1 is 0.756 bits per heavy atom. The van der Waals surface area contributed by atoms with E-state index in [1.165, 1.54) is 54.6 Å². The van der Waals surface area contributed by atoms with E-state index in [1.54, 1.807) is 12.1 Å². The predicted molar refractivity (Wildman–Crippen MR) is 162 cm³/mol. The van der Waals surface area contributed by atoms with Crippen LogP contribution in [0.4, 0.5) is 0 Å². The molecule has 10 heteroatoms. The van der Waals surface area contributed by atoms with Gasteiger partial charge in [-0.3, -0.25) is 4.79 Å². The van der Waals surface area contributed by atoms with Gasteiger partial charge in [0.15, 0.2) is 18.0 Å². The number of phenolic OH excluding ortho intramolecular Hbond substituents is 7. The van der Waals surface area contributed by atoms with Crippen LogP contribution in [-0.4, -0.2) is 52.7 Å². The Hall–Kier alpha value is -5.35. The Kier molecular flexibility index (Phi) is 7.46. The van der Waals surface area contributed by atoms with E-state index >= 15 is 0 Å². The largest absolute Gasteiger partial charge is 0.508 e. The number of benzene rings is 4. The van der Waals surface area contributed by atoms with Crippen LogP contribution in [0, 0.1) is 5.92 Å². The van der Waals surface area contributed by atoms with Gasteiger partial charge in [0.25, 0.3) is 0 Å². The van der Waals surface area contributed by atoms with Gasteiger partial charge in [-0.1, -0.05) is 23.8 Å². The molecule has 0 bridgehead atoms. The number of aromatic hydroxyl groups is 7. The van der Waals surface area contributed by atoms with Crippen molar-refractivity contribution < 1.29 is 50.4 Å². The summed E-state index contributed by atoms with van der Waals surface area (Å²) in [6.45, 7) is 1.87. The molecule has 5 atom stereocenters. The maximum absolute atomic E-state index is 13.1. The summed E-state index contributed by atoms with van der Waals surface area (Å²) >= 11 is 0. The van der Waals surface area contributed by atoms with Crippen LogP contribution in [-0.2, 0) is 6.42 Å². The van der Waals surface area contributed by atoms with Crippen LogP contribution < -0.4 is 4.74 Å². The molecule has 5 unspecified atom stereocenters. The number of hydrogen-bond acceptors (Lipinski definition) is 10. The third kappa shape index (κ3) is 5.33. The lowest BCUT2D eigenvalue weighted by Gasteiger charge is -2.39. The summed E-state index contributed by atoms with van der Waals surface area (Å²) in [4.78, 5) is 13.1. The van der Waals surface area contributed by atoms with Crippen LogP contribution in [0.3, 0.4) is 0 Å². The lowest BCUT2D eigenvalue weighted by Crippen LogP contribution is -2.36. The Balaban J connectivity index is 1.49. The SMILES string of the molecule is CC1=CC(c2c(O)ccc(C3Oc4cc(O)ccc4C(=O)C3O)c2O)C(Cc2ccc(O)cc2O)C(c2ccc(O)cc2O)C1. The molecule has 0 aromatic heterocycles. The van der Waals surface area contributed by atoms with E-state index in [0.29, 0.717) is 17.5 Å². The van der Waals surface area contributed by atoms with Crippen LogP contribution in [0.5, 0.6) is 46.0 Å². The fraction of sp³-hybridized carbons (Fsp3) is 0.229. The average molecular weight is 613 g/mol. The zero-order chi connectivity index (χ0) is 32.2. The van der Waals surface area contributed by atoms with Crippen molar-refractivity contribution >= 4 is 5.78 Å². The monoisotopic (exact) mass is 612 g/mol. The smallest absolute Gasteiger partial charge is 0.199 e. The van der Waals surface area contributed by atoms with Gasteiger partial charge in [0.1, 0.15) is 46.0 Å².